The van der Waals surface area contributed by atoms with Crippen molar-refractivity contribution in [3.63, 3.8) is 0 Å². The normalized spacial score (nSPS) is 19.5. The van der Waals surface area contributed by atoms with Crippen LogP contribution in [0.2, 0.25) is 0 Å². The molecule has 1 fully saturated rings. The van der Waals surface area contributed by atoms with Gasteiger partial charge in [0.05, 0.1) is 29.7 Å². The minimum absolute atomic E-state index is 0.00257. The fraction of sp³-hybridized carbons (Fsp3) is 0.286. The SMILES string of the molecule is CC(C)CN1C(=S)N[C@@H](c2ccccn2)[C@@H]1c1cccn1-c1cccnc1. The molecule has 0 aromatic carbocycles. The lowest BCUT2D eigenvalue weighted by Gasteiger charge is -2.30. The Morgan fingerprint density at radius 3 is 2.70 bits per heavy atom. The predicted molar refractivity (Wildman–Crippen MR) is 111 cm³/mol. The molecule has 4 heterocycles. The molecule has 0 saturated carbocycles. The van der Waals surface area contributed by atoms with Crippen LogP contribution in [0.3, 0.4) is 0 Å². The highest BCUT2D eigenvalue weighted by Gasteiger charge is 2.41. The summed E-state index contributed by atoms with van der Waals surface area (Å²) >= 11 is 5.71. The highest BCUT2D eigenvalue weighted by atomic mass is 32.1. The van der Waals surface area contributed by atoms with Gasteiger partial charge in [0.25, 0.3) is 0 Å². The van der Waals surface area contributed by atoms with E-state index in [4.69, 9.17) is 12.2 Å². The first kappa shape index (κ1) is 17.7. The largest absolute Gasteiger partial charge is 0.352 e. The number of pyridine rings is 2. The van der Waals surface area contributed by atoms with Crippen LogP contribution in [-0.2, 0) is 0 Å². The third-order valence-electron chi connectivity index (χ3n) is 4.77. The summed E-state index contributed by atoms with van der Waals surface area (Å²) in [4.78, 5) is 11.2. The summed E-state index contributed by atoms with van der Waals surface area (Å²) in [5.74, 6) is 0.497. The second kappa shape index (κ2) is 7.48. The van der Waals surface area contributed by atoms with Gasteiger partial charge in [-0.25, -0.2) is 0 Å². The molecule has 0 radical (unpaired) electrons. The molecule has 138 valence electrons. The van der Waals surface area contributed by atoms with Crippen LogP contribution >= 0.6 is 12.2 Å². The molecule has 1 aliphatic rings. The molecule has 1 N–H and O–H groups in total. The van der Waals surface area contributed by atoms with E-state index in [9.17, 15) is 0 Å². The zero-order chi connectivity index (χ0) is 18.8. The van der Waals surface area contributed by atoms with Gasteiger partial charge < -0.3 is 14.8 Å². The monoisotopic (exact) mass is 377 g/mol. The molecular formula is C21H23N5S. The molecule has 1 saturated heterocycles. The Morgan fingerprint density at radius 1 is 1.11 bits per heavy atom. The Kier molecular flexibility index (Phi) is 4.90. The fourth-order valence-electron chi connectivity index (χ4n) is 3.68. The van der Waals surface area contributed by atoms with Crippen molar-refractivity contribution in [2.75, 3.05) is 6.54 Å². The minimum atomic E-state index is 0.00257. The molecule has 0 spiro atoms. The van der Waals surface area contributed by atoms with Crippen molar-refractivity contribution in [2.24, 2.45) is 5.92 Å². The van der Waals surface area contributed by atoms with Crippen molar-refractivity contribution >= 4 is 17.3 Å². The van der Waals surface area contributed by atoms with Crippen LogP contribution < -0.4 is 5.32 Å². The number of thiocarbonyl (C=S) groups is 1. The predicted octanol–water partition coefficient (Wildman–Crippen LogP) is 3.90. The van der Waals surface area contributed by atoms with Crippen LogP contribution in [0.1, 0.15) is 37.3 Å². The van der Waals surface area contributed by atoms with Gasteiger partial charge in [-0.15, -0.1) is 0 Å². The van der Waals surface area contributed by atoms with E-state index in [-0.39, 0.29) is 12.1 Å². The maximum Gasteiger partial charge on any atom is 0.170 e. The quantitative estimate of drug-likeness (QED) is 0.684. The number of hydrogen-bond donors (Lipinski definition) is 1. The second-order valence-corrected chi connectivity index (χ2v) is 7.57. The lowest BCUT2D eigenvalue weighted by molar-refractivity contribution is 0.280. The second-order valence-electron chi connectivity index (χ2n) is 7.19. The Morgan fingerprint density at radius 2 is 2.00 bits per heavy atom. The van der Waals surface area contributed by atoms with E-state index in [0.29, 0.717) is 5.92 Å². The van der Waals surface area contributed by atoms with Crippen LogP contribution in [0.15, 0.2) is 67.3 Å². The average molecular weight is 378 g/mol. The molecule has 0 aliphatic carbocycles. The Labute approximate surface area is 165 Å². The van der Waals surface area contributed by atoms with Crippen molar-refractivity contribution in [1.29, 1.82) is 0 Å². The molecule has 6 heteroatoms. The first-order chi connectivity index (χ1) is 13.1. The van der Waals surface area contributed by atoms with Crippen molar-refractivity contribution in [1.82, 2.24) is 24.8 Å². The van der Waals surface area contributed by atoms with Gasteiger partial charge in [-0.2, -0.15) is 0 Å². The summed E-state index contributed by atoms with van der Waals surface area (Å²) in [7, 11) is 0. The summed E-state index contributed by atoms with van der Waals surface area (Å²) in [6, 6.07) is 14.4. The molecule has 3 aromatic heterocycles. The molecular weight excluding hydrogens is 354 g/mol. The first-order valence-electron chi connectivity index (χ1n) is 9.21. The standard InChI is InChI=1S/C21H23N5S/c1-15(2)14-26-20(19(24-21(26)27)17-8-3-4-11-23-17)18-9-6-12-25(18)16-7-5-10-22-13-16/h3-13,15,19-20H,14H2,1-2H3,(H,24,27)/t19-,20-/m0/s1. The van der Waals surface area contributed by atoms with Crippen molar-refractivity contribution in [3.05, 3.63) is 78.6 Å². The number of hydrogen-bond acceptors (Lipinski definition) is 3. The van der Waals surface area contributed by atoms with Gasteiger partial charge in [0.1, 0.15) is 0 Å². The third-order valence-corrected chi connectivity index (χ3v) is 5.12. The highest BCUT2D eigenvalue weighted by Crippen LogP contribution is 2.39. The lowest BCUT2D eigenvalue weighted by atomic mass is 10.0. The number of nitrogens with one attached hydrogen (secondary N) is 1. The van der Waals surface area contributed by atoms with Gasteiger partial charge in [-0.3, -0.25) is 9.97 Å². The van der Waals surface area contributed by atoms with E-state index in [2.05, 4.69) is 69.1 Å². The fourth-order valence-corrected chi connectivity index (χ4v) is 4.00. The lowest BCUT2D eigenvalue weighted by Crippen LogP contribution is -2.33. The van der Waals surface area contributed by atoms with Crippen molar-refractivity contribution in [3.8, 4) is 5.69 Å². The van der Waals surface area contributed by atoms with E-state index in [0.717, 1.165) is 23.0 Å². The average Bonchev–Trinajstić information content (AvgIpc) is 3.28. The van der Waals surface area contributed by atoms with Gasteiger partial charge in [0.2, 0.25) is 0 Å². The first-order valence-corrected chi connectivity index (χ1v) is 9.61. The van der Waals surface area contributed by atoms with Crippen LogP contribution in [-0.4, -0.2) is 31.1 Å². The van der Waals surface area contributed by atoms with Crippen LogP contribution in [0.25, 0.3) is 5.69 Å². The summed E-state index contributed by atoms with van der Waals surface area (Å²) in [6.45, 7) is 5.32. The third kappa shape index (κ3) is 3.45. The Hall–Kier alpha value is -2.73. The molecule has 27 heavy (non-hydrogen) atoms. The van der Waals surface area contributed by atoms with Crippen LogP contribution in [0, 0.1) is 5.92 Å². The Bertz CT molecular complexity index is 907. The van der Waals surface area contributed by atoms with Gasteiger partial charge in [0.15, 0.2) is 5.11 Å². The molecule has 0 unspecified atom stereocenters. The van der Waals surface area contributed by atoms with Gasteiger partial charge >= 0.3 is 0 Å². The van der Waals surface area contributed by atoms with Crippen molar-refractivity contribution in [2.45, 2.75) is 25.9 Å². The van der Waals surface area contributed by atoms with Crippen molar-refractivity contribution < 1.29 is 0 Å². The van der Waals surface area contributed by atoms with Gasteiger partial charge in [0, 0.05) is 30.8 Å². The van der Waals surface area contributed by atoms with Gasteiger partial charge in [-0.1, -0.05) is 19.9 Å². The van der Waals surface area contributed by atoms with E-state index in [1.54, 1.807) is 6.20 Å². The smallest absolute Gasteiger partial charge is 0.170 e. The van der Waals surface area contributed by atoms with E-state index >= 15 is 0 Å². The molecule has 4 rings (SSSR count). The number of aromatic nitrogens is 3. The zero-order valence-corrected chi connectivity index (χ0v) is 16.3. The minimum Gasteiger partial charge on any atom is -0.352 e. The number of nitrogens with zero attached hydrogens (tertiary/aromatic N) is 4. The van der Waals surface area contributed by atoms with E-state index < -0.39 is 0 Å². The van der Waals surface area contributed by atoms with E-state index in [1.807, 2.05) is 30.6 Å². The van der Waals surface area contributed by atoms with Crippen LogP contribution in [0.5, 0.6) is 0 Å². The number of rotatable bonds is 5. The van der Waals surface area contributed by atoms with Crippen LogP contribution in [0.4, 0.5) is 0 Å². The summed E-state index contributed by atoms with van der Waals surface area (Å²) in [5.41, 5.74) is 3.21. The maximum atomic E-state index is 5.71. The van der Waals surface area contributed by atoms with Gasteiger partial charge in [-0.05, 0) is 54.5 Å². The van der Waals surface area contributed by atoms with E-state index in [1.165, 1.54) is 5.69 Å². The Balaban J connectivity index is 1.81. The maximum absolute atomic E-state index is 5.71. The molecule has 1 aliphatic heterocycles. The molecule has 0 amide bonds. The zero-order valence-electron chi connectivity index (χ0n) is 15.5. The summed E-state index contributed by atoms with van der Waals surface area (Å²) < 4.78 is 2.19. The molecule has 5 nitrogen and oxygen atoms in total. The summed E-state index contributed by atoms with van der Waals surface area (Å²) in [6.07, 6.45) is 7.59. The molecule has 3 aromatic rings. The molecule has 2 atom stereocenters. The topological polar surface area (TPSA) is 46.0 Å². The summed E-state index contributed by atoms with van der Waals surface area (Å²) in [5, 5.41) is 4.29. The highest BCUT2D eigenvalue weighted by molar-refractivity contribution is 7.80. The molecule has 0 bridgehead atoms.